The van der Waals surface area contributed by atoms with Crippen molar-refractivity contribution in [3.8, 4) is 38.7 Å². The largest absolute Gasteiger partial charge is 0.496 e. The first-order chi connectivity index (χ1) is 17.4. The number of hydrogen-bond donors (Lipinski definition) is 2. The summed E-state index contributed by atoms with van der Waals surface area (Å²) in [6, 6.07) is 12.4. The van der Waals surface area contributed by atoms with Gasteiger partial charge >= 0.3 is 0 Å². The zero-order chi connectivity index (χ0) is 25.0. The molecule has 0 spiro atoms. The topological polar surface area (TPSA) is 83.4 Å². The van der Waals surface area contributed by atoms with Gasteiger partial charge in [-0.2, -0.15) is 5.10 Å². The highest BCUT2D eigenvalue weighted by Gasteiger charge is 2.44. The van der Waals surface area contributed by atoms with Crippen molar-refractivity contribution in [2.24, 2.45) is 0 Å². The maximum Gasteiger partial charge on any atom is 0.271 e. The minimum Gasteiger partial charge on any atom is -0.496 e. The number of carbonyl (C=O) groups excluding carboxylic acids is 1. The molecule has 0 bridgehead atoms. The molecule has 3 aromatic heterocycles. The highest BCUT2D eigenvalue weighted by Crippen LogP contribution is 2.46. The molecule has 4 aromatic rings. The van der Waals surface area contributed by atoms with E-state index in [4.69, 9.17) is 4.74 Å². The lowest BCUT2D eigenvalue weighted by Gasteiger charge is -2.38. The van der Waals surface area contributed by atoms with Gasteiger partial charge in [-0.05, 0) is 74.4 Å². The van der Waals surface area contributed by atoms with Gasteiger partial charge in [-0.25, -0.2) is 0 Å². The highest BCUT2D eigenvalue weighted by molar-refractivity contribution is 7.13. The molecule has 8 heteroatoms. The number of aliphatic hydroxyl groups excluding tert-OH is 1. The molecule has 0 radical (unpaired) electrons. The highest BCUT2D eigenvalue weighted by atomic mass is 32.1. The van der Waals surface area contributed by atoms with Crippen molar-refractivity contribution >= 4 is 17.2 Å². The average Bonchev–Trinajstić information content (AvgIpc) is 3.68. The second-order valence-corrected chi connectivity index (χ2v) is 10.9. The van der Waals surface area contributed by atoms with Gasteiger partial charge in [0.05, 0.1) is 30.1 Å². The molecule has 0 unspecified atom stereocenters. The number of aliphatic hydroxyl groups is 1. The van der Waals surface area contributed by atoms with Gasteiger partial charge < -0.3 is 19.3 Å². The number of thiophene rings is 1. The minimum atomic E-state index is -0.596. The maximum atomic E-state index is 14.1. The number of nitrogens with zero attached hydrogens (tertiary/aromatic N) is 3. The number of H-pyrrole nitrogens is 1. The standard InChI is InChI=1S/C28H30N4O3S/c1-17(33)28(2)9-5-11-32(28)27(34)23-16-21(25-6-4-13-36-25)26-19-15-20(22-7-10-29-30-22)24(35-3)14-18(19)8-12-31(23)26/h4,6-7,10,13-17,33H,5,8-9,11-12H2,1-3H3,(H,29,30)/t17-,28-/m1/s1. The van der Waals surface area contributed by atoms with Crippen molar-refractivity contribution in [2.45, 2.75) is 51.3 Å². The number of ether oxygens (including phenoxy) is 1. The Kier molecular flexibility index (Phi) is 5.53. The fourth-order valence-electron chi connectivity index (χ4n) is 5.83. The number of methoxy groups -OCH3 is 1. The van der Waals surface area contributed by atoms with Crippen molar-refractivity contribution < 1.29 is 14.6 Å². The van der Waals surface area contributed by atoms with Crippen LogP contribution in [-0.4, -0.2) is 56.0 Å². The van der Waals surface area contributed by atoms with E-state index in [0.29, 0.717) is 18.8 Å². The van der Waals surface area contributed by atoms with Crippen LogP contribution in [0.5, 0.6) is 5.75 Å². The van der Waals surface area contributed by atoms with Crippen LogP contribution in [0, 0.1) is 0 Å². The van der Waals surface area contributed by atoms with Gasteiger partial charge in [0.15, 0.2) is 0 Å². The van der Waals surface area contributed by atoms with Gasteiger partial charge in [0.25, 0.3) is 5.91 Å². The third-order valence-corrected chi connectivity index (χ3v) is 8.91. The molecule has 0 aliphatic carbocycles. The summed E-state index contributed by atoms with van der Waals surface area (Å²) < 4.78 is 7.93. The van der Waals surface area contributed by atoms with E-state index >= 15 is 0 Å². The Hall–Kier alpha value is -3.36. The van der Waals surface area contributed by atoms with Crippen LogP contribution in [0.15, 0.2) is 48.0 Å². The van der Waals surface area contributed by atoms with Gasteiger partial charge in [-0.15, -0.1) is 11.3 Å². The number of hydrogen-bond acceptors (Lipinski definition) is 5. The van der Waals surface area contributed by atoms with Crippen LogP contribution in [0.1, 0.15) is 42.7 Å². The van der Waals surface area contributed by atoms with Gasteiger partial charge in [-0.1, -0.05) is 6.07 Å². The summed E-state index contributed by atoms with van der Waals surface area (Å²) >= 11 is 1.68. The Balaban J connectivity index is 1.55. The number of benzene rings is 1. The summed E-state index contributed by atoms with van der Waals surface area (Å²) in [7, 11) is 1.69. The van der Waals surface area contributed by atoms with E-state index in [1.54, 1.807) is 31.6 Å². The van der Waals surface area contributed by atoms with Crippen LogP contribution >= 0.6 is 11.3 Å². The zero-order valence-electron chi connectivity index (χ0n) is 20.7. The van der Waals surface area contributed by atoms with Crippen molar-refractivity contribution in [1.29, 1.82) is 0 Å². The molecule has 5 heterocycles. The first-order valence-electron chi connectivity index (χ1n) is 12.4. The molecule has 7 nitrogen and oxygen atoms in total. The van der Waals surface area contributed by atoms with Crippen molar-refractivity contribution in [3.63, 3.8) is 0 Å². The first kappa shape index (κ1) is 23.1. The lowest BCUT2D eigenvalue weighted by atomic mass is 9.92. The molecule has 2 aliphatic rings. The Morgan fingerprint density at radius 1 is 1.22 bits per heavy atom. The number of aryl methyl sites for hydroxylation is 1. The number of aromatic nitrogens is 3. The van der Waals surface area contributed by atoms with Crippen molar-refractivity contribution in [3.05, 3.63) is 59.2 Å². The number of rotatable bonds is 5. The van der Waals surface area contributed by atoms with Gasteiger partial charge in [0.2, 0.25) is 0 Å². The Bertz CT molecular complexity index is 1420. The van der Waals surface area contributed by atoms with Crippen LogP contribution < -0.4 is 4.74 Å². The van der Waals surface area contributed by atoms with E-state index < -0.39 is 11.6 Å². The maximum absolute atomic E-state index is 14.1. The van der Waals surface area contributed by atoms with E-state index in [-0.39, 0.29) is 5.91 Å². The van der Waals surface area contributed by atoms with Gasteiger partial charge in [-0.3, -0.25) is 9.89 Å². The zero-order valence-corrected chi connectivity index (χ0v) is 21.6. The molecular weight excluding hydrogens is 472 g/mol. The fraction of sp³-hybridized carbons (Fsp3) is 0.357. The summed E-state index contributed by atoms with van der Waals surface area (Å²) in [5.74, 6) is 0.794. The van der Waals surface area contributed by atoms with Crippen LogP contribution in [0.25, 0.3) is 33.0 Å². The SMILES string of the molecule is COc1cc2c(cc1-c1ccn[nH]1)-c1c(-c3cccs3)cc(C(=O)N3CCC[C@]3(C)[C@@H](C)O)n1CC2. The van der Waals surface area contributed by atoms with Crippen LogP contribution in [0.2, 0.25) is 0 Å². The summed E-state index contributed by atoms with van der Waals surface area (Å²) in [6.45, 7) is 5.16. The monoisotopic (exact) mass is 502 g/mol. The molecule has 36 heavy (non-hydrogen) atoms. The quantitative estimate of drug-likeness (QED) is 0.392. The lowest BCUT2D eigenvalue weighted by molar-refractivity contribution is 0.0145. The van der Waals surface area contributed by atoms with Gasteiger partial charge in [0, 0.05) is 40.9 Å². The molecular formula is C28H30N4O3S. The second kappa shape index (κ2) is 8.64. The number of carbonyl (C=O) groups is 1. The molecule has 2 atom stereocenters. The molecule has 1 fully saturated rings. The summed E-state index contributed by atoms with van der Waals surface area (Å²) in [4.78, 5) is 17.1. The van der Waals surface area contributed by atoms with Crippen molar-refractivity contribution in [2.75, 3.05) is 13.7 Å². The summed E-state index contributed by atoms with van der Waals surface area (Å²) in [6.07, 6.45) is 3.64. The number of aromatic amines is 1. The molecule has 6 rings (SSSR count). The molecule has 2 aliphatic heterocycles. The number of likely N-dealkylation sites (tertiary alicyclic amines) is 1. The third-order valence-electron chi connectivity index (χ3n) is 8.01. The third kappa shape index (κ3) is 3.43. The molecule has 0 saturated carbocycles. The lowest BCUT2D eigenvalue weighted by Crippen LogP contribution is -2.52. The fourth-order valence-corrected chi connectivity index (χ4v) is 6.57. The van der Waals surface area contributed by atoms with Crippen molar-refractivity contribution in [1.82, 2.24) is 19.7 Å². The first-order valence-corrected chi connectivity index (χ1v) is 13.3. The van der Waals surface area contributed by atoms with E-state index in [1.165, 1.54) is 5.56 Å². The molecule has 1 saturated heterocycles. The molecule has 186 valence electrons. The number of fused-ring (bicyclic) bond motifs is 3. The minimum absolute atomic E-state index is 0.00860. The molecule has 2 N–H and O–H groups in total. The predicted molar refractivity (Wildman–Crippen MR) is 141 cm³/mol. The Labute approximate surface area is 214 Å². The predicted octanol–water partition coefficient (Wildman–Crippen LogP) is 5.21. The van der Waals surface area contributed by atoms with E-state index in [9.17, 15) is 9.90 Å². The van der Waals surface area contributed by atoms with Crippen LogP contribution in [0.4, 0.5) is 0 Å². The smallest absolute Gasteiger partial charge is 0.271 e. The average molecular weight is 503 g/mol. The Morgan fingerprint density at radius 3 is 2.78 bits per heavy atom. The number of nitrogens with one attached hydrogen (secondary N) is 1. The van der Waals surface area contributed by atoms with E-state index in [1.807, 2.05) is 24.0 Å². The summed E-state index contributed by atoms with van der Waals surface area (Å²) in [5.41, 5.74) is 6.38. The van der Waals surface area contributed by atoms with Gasteiger partial charge in [0.1, 0.15) is 11.4 Å². The van der Waals surface area contributed by atoms with E-state index in [2.05, 4.69) is 44.4 Å². The van der Waals surface area contributed by atoms with E-state index in [0.717, 1.165) is 58.0 Å². The summed E-state index contributed by atoms with van der Waals surface area (Å²) in [5, 5.41) is 19.8. The van der Waals surface area contributed by atoms with Crippen LogP contribution in [-0.2, 0) is 13.0 Å². The Morgan fingerprint density at radius 2 is 2.08 bits per heavy atom. The second-order valence-electron chi connectivity index (χ2n) is 9.94. The molecule has 1 amide bonds. The normalized spacial score (nSPS) is 19.7. The van der Waals surface area contributed by atoms with Crippen LogP contribution in [0.3, 0.4) is 0 Å². The molecule has 1 aromatic carbocycles. The number of amides is 1.